The van der Waals surface area contributed by atoms with E-state index in [2.05, 4.69) is 0 Å². The summed E-state index contributed by atoms with van der Waals surface area (Å²) >= 11 is 6.00. The van der Waals surface area contributed by atoms with Gasteiger partial charge in [0.1, 0.15) is 0 Å². The predicted octanol–water partition coefficient (Wildman–Crippen LogP) is 2.38. The summed E-state index contributed by atoms with van der Waals surface area (Å²) in [5.41, 5.74) is 6.54. The maximum absolute atomic E-state index is 6.00. The van der Waals surface area contributed by atoms with E-state index in [9.17, 15) is 0 Å². The normalized spacial score (nSPS) is 12.8. The minimum Gasteiger partial charge on any atom is -0.372 e. The Kier molecular flexibility index (Phi) is 4.22. The highest BCUT2D eigenvalue weighted by Crippen LogP contribution is 2.24. The lowest BCUT2D eigenvalue weighted by molar-refractivity contribution is 0.0689. The number of nitrogens with two attached hydrogens (primary N) is 1. The Morgan fingerprint density at radius 2 is 2.15 bits per heavy atom. The average Bonchev–Trinajstić information content (AvgIpc) is 2.16. The van der Waals surface area contributed by atoms with Crippen molar-refractivity contribution in [1.82, 2.24) is 0 Å². The Balaban J connectivity index is 2.84. The van der Waals surface area contributed by atoms with Gasteiger partial charge in [0.2, 0.25) is 0 Å². The molecule has 0 heterocycles. The molecule has 0 spiro atoms. The molecule has 3 heteroatoms. The minimum absolute atomic E-state index is 0.0845. The lowest BCUT2D eigenvalue weighted by Gasteiger charge is -2.16. The summed E-state index contributed by atoms with van der Waals surface area (Å²) in [6, 6.07) is 7.61. The topological polar surface area (TPSA) is 35.2 Å². The van der Waals surface area contributed by atoms with Crippen molar-refractivity contribution >= 4 is 11.6 Å². The molecule has 2 nitrogen and oxygen atoms in total. The molecule has 0 aliphatic carbocycles. The standard InChI is InChI=1S/C10H14ClNO/c1-2-13-10(7-12)8-5-3-4-6-9(8)11/h3-6,10H,2,7,12H2,1H3. The summed E-state index contributed by atoms with van der Waals surface area (Å²) in [5.74, 6) is 0. The first-order valence-electron chi connectivity index (χ1n) is 4.35. The van der Waals surface area contributed by atoms with E-state index in [1.165, 1.54) is 0 Å². The van der Waals surface area contributed by atoms with Crippen molar-refractivity contribution in [3.63, 3.8) is 0 Å². The Labute approximate surface area is 83.6 Å². The SMILES string of the molecule is CCOC(CN)c1ccccc1Cl. The molecule has 72 valence electrons. The third-order valence-corrected chi connectivity index (χ3v) is 2.18. The molecule has 1 aromatic rings. The van der Waals surface area contributed by atoms with E-state index in [0.717, 1.165) is 5.56 Å². The van der Waals surface area contributed by atoms with Crippen LogP contribution in [0.15, 0.2) is 24.3 Å². The molecule has 0 saturated heterocycles. The summed E-state index contributed by atoms with van der Waals surface area (Å²) in [5, 5.41) is 0.714. The highest BCUT2D eigenvalue weighted by atomic mass is 35.5. The molecule has 13 heavy (non-hydrogen) atoms. The van der Waals surface area contributed by atoms with Crippen molar-refractivity contribution in [1.29, 1.82) is 0 Å². The molecule has 0 aliphatic rings. The van der Waals surface area contributed by atoms with Gasteiger partial charge in [-0.1, -0.05) is 29.8 Å². The van der Waals surface area contributed by atoms with Gasteiger partial charge in [-0.2, -0.15) is 0 Å². The van der Waals surface area contributed by atoms with E-state index in [-0.39, 0.29) is 6.10 Å². The summed E-state index contributed by atoms with van der Waals surface area (Å²) < 4.78 is 5.45. The van der Waals surface area contributed by atoms with Crippen LogP contribution in [0, 0.1) is 0 Å². The summed E-state index contributed by atoms with van der Waals surface area (Å²) in [6.07, 6.45) is -0.0845. The van der Waals surface area contributed by atoms with Crippen LogP contribution in [0.25, 0.3) is 0 Å². The second-order valence-corrected chi connectivity index (χ2v) is 3.11. The predicted molar refractivity (Wildman–Crippen MR) is 54.9 cm³/mol. The smallest absolute Gasteiger partial charge is 0.0961 e. The summed E-state index contributed by atoms with van der Waals surface area (Å²) in [6.45, 7) is 3.05. The van der Waals surface area contributed by atoms with E-state index >= 15 is 0 Å². The summed E-state index contributed by atoms with van der Waals surface area (Å²) in [4.78, 5) is 0. The fraction of sp³-hybridized carbons (Fsp3) is 0.400. The van der Waals surface area contributed by atoms with Gasteiger partial charge < -0.3 is 10.5 Å². The van der Waals surface area contributed by atoms with Gasteiger partial charge >= 0.3 is 0 Å². The van der Waals surface area contributed by atoms with Crippen LogP contribution in [0.4, 0.5) is 0 Å². The molecule has 0 fully saturated rings. The molecule has 0 radical (unpaired) electrons. The molecule has 1 atom stereocenters. The lowest BCUT2D eigenvalue weighted by atomic mass is 10.1. The van der Waals surface area contributed by atoms with Gasteiger partial charge in [-0.25, -0.2) is 0 Å². The van der Waals surface area contributed by atoms with Gasteiger partial charge in [0.25, 0.3) is 0 Å². The van der Waals surface area contributed by atoms with Crippen LogP contribution < -0.4 is 5.73 Å². The third-order valence-electron chi connectivity index (χ3n) is 1.83. The zero-order chi connectivity index (χ0) is 9.68. The van der Waals surface area contributed by atoms with Gasteiger partial charge in [0.05, 0.1) is 6.10 Å². The first-order chi connectivity index (χ1) is 6.29. The quantitative estimate of drug-likeness (QED) is 0.808. The van der Waals surface area contributed by atoms with Gasteiger partial charge in [-0.15, -0.1) is 0 Å². The third kappa shape index (κ3) is 2.69. The maximum Gasteiger partial charge on any atom is 0.0961 e. The second kappa shape index (κ2) is 5.22. The van der Waals surface area contributed by atoms with Gasteiger partial charge in [-0.05, 0) is 13.0 Å². The first-order valence-corrected chi connectivity index (χ1v) is 4.73. The van der Waals surface area contributed by atoms with Crippen LogP contribution in [0.5, 0.6) is 0 Å². The number of rotatable bonds is 4. The van der Waals surface area contributed by atoms with Crippen LogP contribution in [0.1, 0.15) is 18.6 Å². The van der Waals surface area contributed by atoms with Crippen molar-refractivity contribution in [2.45, 2.75) is 13.0 Å². The Bertz CT molecular complexity index is 265. The Morgan fingerprint density at radius 3 is 2.69 bits per heavy atom. The number of hydrogen-bond acceptors (Lipinski definition) is 2. The molecule has 0 bridgehead atoms. The maximum atomic E-state index is 6.00. The summed E-state index contributed by atoms with van der Waals surface area (Å²) in [7, 11) is 0. The number of hydrogen-bond donors (Lipinski definition) is 1. The molecular weight excluding hydrogens is 186 g/mol. The van der Waals surface area contributed by atoms with E-state index < -0.39 is 0 Å². The van der Waals surface area contributed by atoms with Crippen LogP contribution in [0.2, 0.25) is 5.02 Å². The van der Waals surface area contributed by atoms with Crippen LogP contribution >= 0.6 is 11.6 Å². The lowest BCUT2D eigenvalue weighted by Crippen LogP contribution is -2.16. The molecule has 0 saturated carbocycles. The molecular formula is C10H14ClNO. The van der Waals surface area contributed by atoms with Crippen molar-refractivity contribution in [2.75, 3.05) is 13.2 Å². The van der Waals surface area contributed by atoms with Gasteiger partial charge in [-0.3, -0.25) is 0 Å². The van der Waals surface area contributed by atoms with Gasteiger partial charge in [0, 0.05) is 23.7 Å². The van der Waals surface area contributed by atoms with Crippen molar-refractivity contribution < 1.29 is 4.74 Å². The van der Waals surface area contributed by atoms with Crippen LogP contribution in [0.3, 0.4) is 0 Å². The molecule has 1 rings (SSSR count). The Morgan fingerprint density at radius 1 is 1.46 bits per heavy atom. The Hall–Kier alpha value is -0.570. The van der Waals surface area contributed by atoms with E-state index in [4.69, 9.17) is 22.1 Å². The second-order valence-electron chi connectivity index (χ2n) is 2.70. The van der Waals surface area contributed by atoms with Crippen molar-refractivity contribution in [3.05, 3.63) is 34.9 Å². The van der Waals surface area contributed by atoms with Gasteiger partial charge in [0.15, 0.2) is 0 Å². The largest absolute Gasteiger partial charge is 0.372 e. The highest BCUT2D eigenvalue weighted by molar-refractivity contribution is 6.31. The fourth-order valence-electron chi connectivity index (χ4n) is 1.22. The molecule has 0 amide bonds. The molecule has 1 unspecified atom stereocenters. The monoisotopic (exact) mass is 199 g/mol. The van der Waals surface area contributed by atoms with Crippen molar-refractivity contribution in [2.24, 2.45) is 5.73 Å². The molecule has 0 aromatic heterocycles. The zero-order valence-electron chi connectivity index (χ0n) is 7.66. The molecule has 1 aromatic carbocycles. The fourth-order valence-corrected chi connectivity index (χ4v) is 1.48. The number of ether oxygens (including phenoxy) is 1. The number of halogens is 1. The molecule has 0 aliphatic heterocycles. The van der Waals surface area contributed by atoms with E-state index in [1.54, 1.807) is 0 Å². The molecule has 2 N–H and O–H groups in total. The first kappa shape index (κ1) is 10.5. The van der Waals surface area contributed by atoms with Crippen molar-refractivity contribution in [3.8, 4) is 0 Å². The van der Waals surface area contributed by atoms with E-state index in [1.807, 2.05) is 31.2 Å². The number of benzene rings is 1. The average molecular weight is 200 g/mol. The highest BCUT2D eigenvalue weighted by Gasteiger charge is 2.11. The van der Waals surface area contributed by atoms with Crippen LogP contribution in [-0.2, 0) is 4.74 Å². The van der Waals surface area contributed by atoms with E-state index in [0.29, 0.717) is 18.2 Å². The minimum atomic E-state index is -0.0845. The zero-order valence-corrected chi connectivity index (χ0v) is 8.42. The van der Waals surface area contributed by atoms with Crippen LogP contribution in [-0.4, -0.2) is 13.2 Å².